The van der Waals surface area contributed by atoms with Crippen molar-refractivity contribution in [3.05, 3.63) is 12.2 Å². The first kappa shape index (κ1) is 9.27. The first-order chi connectivity index (χ1) is 4.68. The lowest BCUT2D eigenvalue weighted by molar-refractivity contribution is -0.124. The fourth-order valence-corrected chi connectivity index (χ4v) is 0.439. The first-order valence-electron chi connectivity index (χ1n) is 3.17. The maximum Gasteiger partial charge on any atom is 0.299 e. The molecular formula is C7H10F2O. The fraction of sp³-hybridized carbons (Fsp3) is 0.571. The van der Waals surface area contributed by atoms with E-state index >= 15 is 0 Å². The number of rotatable bonds is 4. The molecular weight excluding hydrogens is 138 g/mol. The molecule has 58 valence electrons. The molecule has 0 heterocycles. The Balaban J connectivity index is 3.56. The molecule has 10 heavy (non-hydrogen) atoms. The highest BCUT2D eigenvalue weighted by Gasteiger charge is 2.09. The van der Waals surface area contributed by atoms with Gasteiger partial charge in [0.1, 0.15) is 0 Å². The Morgan fingerprint density at radius 2 is 2.20 bits per heavy atom. The number of allylic oxidation sites excluding steroid dienone is 2. The Labute approximate surface area is 58.7 Å². The van der Waals surface area contributed by atoms with Crippen LogP contribution in [-0.4, -0.2) is 12.2 Å². The molecule has 0 spiro atoms. The average molecular weight is 148 g/mol. The molecule has 3 heteroatoms. The van der Waals surface area contributed by atoms with Gasteiger partial charge in [-0.25, -0.2) is 8.78 Å². The topological polar surface area (TPSA) is 17.1 Å². The lowest BCUT2D eigenvalue weighted by Gasteiger charge is -1.88. The molecule has 0 aromatic carbocycles. The number of alkyl halides is 2. The van der Waals surface area contributed by atoms with Crippen molar-refractivity contribution in [2.45, 2.75) is 26.2 Å². The smallest absolute Gasteiger partial charge is 0.288 e. The van der Waals surface area contributed by atoms with Crippen LogP contribution in [0.5, 0.6) is 0 Å². The van der Waals surface area contributed by atoms with E-state index in [-0.39, 0.29) is 0 Å². The quantitative estimate of drug-likeness (QED) is 0.558. The van der Waals surface area contributed by atoms with E-state index in [1.807, 2.05) is 6.92 Å². The molecule has 0 N–H and O–H groups in total. The Hall–Kier alpha value is -0.730. The number of halogens is 2. The van der Waals surface area contributed by atoms with Crippen molar-refractivity contribution in [2.75, 3.05) is 0 Å². The van der Waals surface area contributed by atoms with Gasteiger partial charge in [-0.1, -0.05) is 19.4 Å². The summed E-state index contributed by atoms with van der Waals surface area (Å²) in [5.74, 6) is -1.10. The van der Waals surface area contributed by atoms with Crippen LogP contribution in [0.2, 0.25) is 0 Å². The molecule has 0 unspecified atom stereocenters. The zero-order valence-corrected chi connectivity index (χ0v) is 5.81. The van der Waals surface area contributed by atoms with E-state index in [0.29, 0.717) is 6.42 Å². The second-order valence-electron chi connectivity index (χ2n) is 1.89. The van der Waals surface area contributed by atoms with Gasteiger partial charge in [-0.2, -0.15) is 0 Å². The lowest BCUT2D eigenvalue weighted by atomic mass is 10.3. The van der Waals surface area contributed by atoms with Crippen LogP contribution in [0, 0.1) is 0 Å². The van der Waals surface area contributed by atoms with Gasteiger partial charge in [-0.15, -0.1) is 0 Å². The van der Waals surface area contributed by atoms with Crippen LogP contribution in [-0.2, 0) is 4.79 Å². The summed E-state index contributed by atoms with van der Waals surface area (Å²) in [5.41, 5.74) is 0. The number of ketones is 1. The van der Waals surface area contributed by atoms with Crippen LogP contribution in [0.1, 0.15) is 19.8 Å². The lowest BCUT2D eigenvalue weighted by Crippen LogP contribution is -2.04. The molecule has 0 atom stereocenters. The monoisotopic (exact) mass is 148 g/mol. The summed E-state index contributed by atoms with van der Waals surface area (Å²) in [6.07, 6.45) is 1.10. The second kappa shape index (κ2) is 5.09. The molecule has 0 aromatic heterocycles. The number of hydrogen-bond acceptors (Lipinski definition) is 1. The van der Waals surface area contributed by atoms with Gasteiger partial charge in [0.15, 0.2) is 0 Å². The van der Waals surface area contributed by atoms with Crippen LogP contribution in [0.3, 0.4) is 0 Å². The summed E-state index contributed by atoms with van der Waals surface area (Å²) in [6.45, 7) is 1.91. The van der Waals surface area contributed by atoms with Crippen molar-refractivity contribution in [1.29, 1.82) is 0 Å². The van der Waals surface area contributed by atoms with Crippen molar-refractivity contribution in [2.24, 2.45) is 0 Å². The maximum atomic E-state index is 11.5. The summed E-state index contributed by atoms with van der Waals surface area (Å²) >= 11 is 0. The largest absolute Gasteiger partial charge is 0.299 e. The molecule has 0 radical (unpaired) electrons. The van der Waals surface area contributed by atoms with Crippen LogP contribution in [0.15, 0.2) is 12.2 Å². The Morgan fingerprint density at radius 1 is 1.60 bits per heavy atom. The van der Waals surface area contributed by atoms with Crippen molar-refractivity contribution in [3.8, 4) is 0 Å². The summed E-state index contributed by atoms with van der Waals surface area (Å²) in [4.78, 5) is 10.2. The Kier molecular flexibility index (Phi) is 4.72. The van der Waals surface area contributed by atoms with Crippen LogP contribution >= 0.6 is 0 Å². The minimum Gasteiger partial charge on any atom is -0.288 e. The molecule has 0 bridgehead atoms. The molecule has 0 saturated heterocycles. The van der Waals surface area contributed by atoms with Gasteiger partial charge in [-0.05, 0) is 12.5 Å². The highest BCUT2D eigenvalue weighted by molar-refractivity contribution is 5.92. The zero-order chi connectivity index (χ0) is 7.98. The van der Waals surface area contributed by atoms with Gasteiger partial charge in [0.2, 0.25) is 5.78 Å². The standard InChI is InChI=1S/C7H10F2O/c1-2-3-4-5-6(10)7(8)9/h4-5,7H,2-3H2,1H3/b5-4+. The van der Waals surface area contributed by atoms with Gasteiger partial charge in [0, 0.05) is 0 Å². The van der Waals surface area contributed by atoms with Crippen molar-refractivity contribution < 1.29 is 13.6 Å². The van der Waals surface area contributed by atoms with Crippen molar-refractivity contribution in [1.82, 2.24) is 0 Å². The van der Waals surface area contributed by atoms with Crippen molar-refractivity contribution in [3.63, 3.8) is 0 Å². The highest BCUT2D eigenvalue weighted by Crippen LogP contribution is 1.96. The third kappa shape index (κ3) is 4.18. The van der Waals surface area contributed by atoms with Gasteiger partial charge in [0.05, 0.1) is 0 Å². The molecule has 0 fully saturated rings. The Morgan fingerprint density at radius 3 is 2.60 bits per heavy atom. The number of unbranched alkanes of at least 4 members (excludes halogenated alkanes) is 1. The normalized spacial score (nSPS) is 11.2. The predicted octanol–water partition coefficient (Wildman–Crippen LogP) is 2.18. The van der Waals surface area contributed by atoms with E-state index in [4.69, 9.17) is 0 Å². The summed E-state index contributed by atoms with van der Waals surface area (Å²) in [5, 5.41) is 0. The van der Waals surface area contributed by atoms with Crippen molar-refractivity contribution >= 4 is 5.78 Å². The zero-order valence-electron chi connectivity index (χ0n) is 5.81. The molecule has 0 saturated carbocycles. The third-order valence-corrected chi connectivity index (χ3v) is 0.953. The molecule has 0 aliphatic heterocycles. The number of carbonyl (C=O) groups is 1. The van der Waals surface area contributed by atoms with Crippen LogP contribution < -0.4 is 0 Å². The van der Waals surface area contributed by atoms with Gasteiger partial charge >= 0.3 is 0 Å². The predicted molar refractivity (Wildman–Crippen MR) is 35.1 cm³/mol. The number of carbonyl (C=O) groups excluding carboxylic acids is 1. The molecule has 0 amide bonds. The molecule has 0 aliphatic carbocycles. The van der Waals surface area contributed by atoms with E-state index in [9.17, 15) is 13.6 Å². The highest BCUT2D eigenvalue weighted by atomic mass is 19.3. The molecule has 0 rings (SSSR count). The molecule has 0 aromatic rings. The van der Waals surface area contributed by atoms with E-state index in [0.717, 1.165) is 12.5 Å². The summed E-state index contributed by atoms with van der Waals surface area (Å²) in [6, 6.07) is 0. The van der Waals surface area contributed by atoms with E-state index in [1.54, 1.807) is 0 Å². The summed E-state index contributed by atoms with van der Waals surface area (Å²) in [7, 11) is 0. The minimum absolute atomic E-state index is 0.679. The number of hydrogen-bond donors (Lipinski definition) is 0. The Bertz CT molecular complexity index is 130. The van der Waals surface area contributed by atoms with Gasteiger partial charge < -0.3 is 0 Å². The molecule has 0 aliphatic rings. The summed E-state index contributed by atoms with van der Waals surface area (Å²) < 4.78 is 22.9. The first-order valence-corrected chi connectivity index (χ1v) is 3.17. The van der Waals surface area contributed by atoms with Crippen LogP contribution in [0.4, 0.5) is 8.78 Å². The van der Waals surface area contributed by atoms with Gasteiger partial charge in [-0.3, -0.25) is 4.79 Å². The average Bonchev–Trinajstić information content (AvgIpc) is 1.88. The van der Waals surface area contributed by atoms with E-state index in [1.165, 1.54) is 6.08 Å². The third-order valence-electron chi connectivity index (χ3n) is 0.953. The molecule has 1 nitrogen and oxygen atoms in total. The fourth-order valence-electron chi connectivity index (χ4n) is 0.439. The van der Waals surface area contributed by atoms with Crippen LogP contribution in [0.25, 0.3) is 0 Å². The SMILES string of the molecule is CCC/C=C/C(=O)C(F)F. The van der Waals surface area contributed by atoms with E-state index in [2.05, 4.69) is 0 Å². The minimum atomic E-state index is -2.85. The van der Waals surface area contributed by atoms with E-state index < -0.39 is 12.2 Å². The maximum absolute atomic E-state index is 11.5. The second-order valence-corrected chi connectivity index (χ2v) is 1.89. The van der Waals surface area contributed by atoms with Gasteiger partial charge in [0.25, 0.3) is 6.43 Å².